The van der Waals surface area contributed by atoms with Crippen molar-refractivity contribution in [2.24, 2.45) is 0 Å². The molecule has 0 spiro atoms. The zero-order valence-electron chi connectivity index (χ0n) is 14.3. The van der Waals surface area contributed by atoms with E-state index in [-0.39, 0.29) is 5.97 Å². The summed E-state index contributed by atoms with van der Waals surface area (Å²) < 4.78 is 11.1. The van der Waals surface area contributed by atoms with E-state index in [1.54, 1.807) is 6.07 Å². The Hall–Kier alpha value is -2.29. The first-order chi connectivity index (χ1) is 11.1. The number of hydrogen-bond donors (Lipinski definition) is 0. The Morgan fingerprint density at radius 3 is 2.52 bits per heavy atom. The van der Waals surface area contributed by atoms with Crippen molar-refractivity contribution in [1.29, 1.82) is 0 Å². The number of carbonyl (C=O) groups is 1. The molecule has 0 aliphatic carbocycles. The van der Waals surface area contributed by atoms with Crippen LogP contribution in [0.2, 0.25) is 0 Å². The zero-order valence-corrected chi connectivity index (χ0v) is 14.3. The van der Waals surface area contributed by atoms with E-state index in [0.29, 0.717) is 18.8 Å². The van der Waals surface area contributed by atoms with Crippen molar-refractivity contribution in [3.05, 3.63) is 64.2 Å². The van der Waals surface area contributed by atoms with Crippen LogP contribution in [0.4, 0.5) is 0 Å². The normalized spacial score (nSPS) is 10.4. The van der Waals surface area contributed by atoms with Gasteiger partial charge in [0, 0.05) is 5.56 Å². The highest BCUT2D eigenvalue weighted by atomic mass is 16.5. The second kappa shape index (κ2) is 7.82. The Kier molecular flexibility index (Phi) is 5.80. The van der Waals surface area contributed by atoms with Crippen LogP contribution in [0.25, 0.3) is 0 Å². The fourth-order valence-electron chi connectivity index (χ4n) is 2.65. The molecule has 3 heteroatoms. The summed E-state index contributed by atoms with van der Waals surface area (Å²) in [6.45, 7) is 8.70. The molecule has 122 valence electrons. The smallest absolute Gasteiger partial charge is 0.338 e. The molecular weight excluding hydrogens is 288 g/mol. The molecule has 0 saturated carbocycles. The van der Waals surface area contributed by atoms with Crippen molar-refractivity contribution in [2.75, 3.05) is 6.61 Å². The van der Waals surface area contributed by atoms with Gasteiger partial charge in [-0.1, -0.05) is 36.8 Å². The molecule has 0 radical (unpaired) electrons. The highest BCUT2D eigenvalue weighted by Crippen LogP contribution is 2.23. The van der Waals surface area contributed by atoms with Gasteiger partial charge in [0.05, 0.1) is 12.2 Å². The molecule has 0 unspecified atom stereocenters. The maximum absolute atomic E-state index is 12.2. The predicted octanol–water partition coefficient (Wildman–Crippen LogP) is 4.62. The van der Waals surface area contributed by atoms with Crippen molar-refractivity contribution in [1.82, 2.24) is 0 Å². The first-order valence-corrected chi connectivity index (χ1v) is 8.04. The molecule has 0 saturated heterocycles. The summed E-state index contributed by atoms with van der Waals surface area (Å²) >= 11 is 0. The molecule has 0 aliphatic heterocycles. The number of esters is 1. The Morgan fingerprint density at radius 1 is 1.09 bits per heavy atom. The minimum Gasteiger partial charge on any atom is -0.489 e. The lowest BCUT2D eigenvalue weighted by atomic mass is 9.99. The van der Waals surface area contributed by atoms with Crippen molar-refractivity contribution in [2.45, 2.75) is 40.7 Å². The molecule has 0 atom stereocenters. The van der Waals surface area contributed by atoms with E-state index in [1.165, 1.54) is 5.56 Å². The van der Waals surface area contributed by atoms with Gasteiger partial charge >= 0.3 is 5.97 Å². The lowest BCUT2D eigenvalue weighted by Crippen LogP contribution is -2.12. The highest BCUT2D eigenvalue weighted by molar-refractivity contribution is 5.91. The Labute approximate surface area is 138 Å². The van der Waals surface area contributed by atoms with E-state index in [4.69, 9.17) is 9.47 Å². The monoisotopic (exact) mass is 312 g/mol. The summed E-state index contributed by atoms with van der Waals surface area (Å²) in [7, 11) is 0. The number of ether oxygens (including phenoxy) is 2. The predicted molar refractivity (Wildman–Crippen MR) is 92.0 cm³/mol. The number of benzene rings is 2. The van der Waals surface area contributed by atoms with Gasteiger partial charge in [-0.3, -0.25) is 0 Å². The average Bonchev–Trinajstić information content (AvgIpc) is 2.54. The first-order valence-electron chi connectivity index (χ1n) is 8.04. The number of rotatable bonds is 6. The van der Waals surface area contributed by atoms with Gasteiger partial charge in [0.2, 0.25) is 0 Å². The largest absolute Gasteiger partial charge is 0.489 e. The molecule has 2 rings (SSSR count). The number of aryl methyl sites for hydroxylation is 3. The zero-order chi connectivity index (χ0) is 16.8. The molecule has 0 fully saturated rings. The van der Waals surface area contributed by atoms with E-state index in [0.717, 1.165) is 28.9 Å². The van der Waals surface area contributed by atoms with Crippen LogP contribution < -0.4 is 4.74 Å². The van der Waals surface area contributed by atoms with Gasteiger partial charge in [0.25, 0.3) is 0 Å². The van der Waals surface area contributed by atoms with Crippen LogP contribution in [-0.2, 0) is 17.8 Å². The minimum absolute atomic E-state index is 0.290. The molecule has 0 bridgehead atoms. The van der Waals surface area contributed by atoms with Gasteiger partial charge < -0.3 is 9.47 Å². The first kappa shape index (κ1) is 17.1. The summed E-state index contributed by atoms with van der Waals surface area (Å²) in [5, 5.41) is 0. The second-order valence-electron chi connectivity index (χ2n) is 5.57. The SMILES string of the molecule is CCOC(=O)c1cccc(CC)c1COc1ccc(C)cc1C. The Balaban J connectivity index is 2.28. The van der Waals surface area contributed by atoms with Crippen LogP contribution in [-0.4, -0.2) is 12.6 Å². The molecule has 2 aromatic carbocycles. The van der Waals surface area contributed by atoms with Gasteiger partial charge in [0.1, 0.15) is 12.4 Å². The van der Waals surface area contributed by atoms with Crippen LogP contribution in [0.15, 0.2) is 36.4 Å². The maximum atomic E-state index is 12.2. The molecule has 0 aromatic heterocycles. The third kappa shape index (κ3) is 4.13. The number of carbonyl (C=O) groups excluding carboxylic acids is 1. The van der Waals surface area contributed by atoms with Gasteiger partial charge in [0.15, 0.2) is 0 Å². The van der Waals surface area contributed by atoms with E-state index >= 15 is 0 Å². The topological polar surface area (TPSA) is 35.5 Å². The van der Waals surface area contributed by atoms with Gasteiger partial charge in [-0.25, -0.2) is 4.79 Å². The van der Waals surface area contributed by atoms with E-state index < -0.39 is 0 Å². The average molecular weight is 312 g/mol. The molecule has 0 aliphatic rings. The summed E-state index contributed by atoms with van der Waals surface area (Å²) in [6, 6.07) is 11.8. The minimum atomic E-state index is -0.290. The molecule has 0 N–H and O–H groups in total. The molecule has 23 heavy (non-hydrogen) atoms. The van der Waals surface area contributed by atoms with Crippen LogP contribution in [0.5, 0.6) is 5.75 Å². The van der Waals surface area contributed by atoms with Crippen LogP contribution in [0.3, 0.4) is 0 Å². The quantitative estimate of drug-likeness (QED) is 0.730. The van der Waals surface area contributed by atoms with Crippen molar-refractivity contribution >= 4 is 5.97 Å². The van der Waals surface area contributed by atoms with Gasteiger partial charge in [-0.15, -0.1) is 0 Å². The third-order valence-electron chi connectivity index (χ3n) is 3.85. The fraction of sp³-hybridized carbons (Fsp3) is 0.350. The molecule has 3 nitrogen and oxygen atoms in total. The molecule has 2 aromatic rings. The summed E-state index contributed by atoms with van der Waals surface area (Å²) in [4.78, 5) is 12.2. The molecule has 0 amide bonds. The van der Waals surface area contributed by atoms with Crippen LogP contribution >= 0.6 is 0 Å². The van der Waals surface area contributed by atoms with Crippen LogP contribution in [0.1, 0.15) is 46.5 Å². The summed E-state index contributed by atoms with van der Waals surface area (Å²) in [6.07, 6.45) is 0.846. The highest BCUT2D eigenvalue weighted by Gasteiger charge is 2.16. The van der Waals surface area contributed by atoms with E-state index in [1.807, 2.05) is 38.1 Å². The van der Waals surface area contributed by atoms with E-state index in [9.17, 15) is 4.79 Å². The van der Waals surface area contributed by atoms with Crippen LogP contribution in [0, 0.1) is 13.8 Å². The third-order valence-corrected chi connectivity index (χ3v) is 3.85. The maximum Gasteiger partial charge on any atom is 0.338 e. The molecular formula is C20H24O3. The van der Waals surface area contributed by atoms with Gasteiger partial charge in [-0.05, 0) is 50.5 Å². The van der Waals surface area contributed by atoms with Crippen molar-refractivity contribution in [3.8, 4) is 5.75 Å². The lowest BCUT2D eigenvalue weighted by Gasteiger charge is -2.15. The second-order valence-corrected chi connectivity index (χ2v) is 5.57. The van der Waals surface area contributed by atoms with E-state index in [2.05, 4.69) is 19.9 Å². The summed E-state index contributed by atoms with van der Waals surface area (Å²) in [5.41, 5.74) is 4.91. The van der Waals surface area contributed by atoms with Gasteiger partial charge in [-0.2, -0.15) is 0 Å². The fourth-order valence-corrected chi connectivity index (χ4v) is 2.65. The Bertz CT molecular complexity index is 689. The van der Waals surface area contributed by atoms with Crippen molar-refractivity contribution < 1.29 is 14.3 Å². The lowest BCUT2D eigenvalue weighted by molar-refractivity contribution is 0.0523. The summed E-state index contributed by atoms with van der Waals surface area (Å²) in [5.74, 6) is 0.554. The number of hydrogen-bond acceptors (Lipinski definition) is 3. The molecule has 0 heterocycles. The standard InChI is InChI=1S/C20H24O3/c1-5-16-8-7-9-17(20(21)22-6-2)18(16)13-23-19-11-10-14(3)12-15(19)4/h7-12H,5-6,13H2,1-4H3. The van der Waals surface area contributed by atoms with Crippen molar-refractivity contribution in [3.63, 3.8) is 0 Å². The Morgan fingerprint density at radius 2 is 1.87 bits per heavy atom.